The van der Waals surface area contributed by atoms with Crippen molar-refractivity contribution in [2.24, 2.45) is 0 Å². The maximum absolute atomic E-state index is 5.58. The average molecular weight is 389 g/mol. The van der Waals surface area contributed by atoms with Crippen LogP contribution in [0, 0.1) is 7.05 Å². The molecule has 0 aromatic rings. The SMILES string of the molecule is [CH2-]N1CCOCCOCCN(CC)CCOCCOCC1.[Rb+]. The molecule has 1 aliphatic rings. The first kappa shape index (κ1) is 23.6. The summed E-state index contributed by atoms with van der Waals surface area (Å²) in [5, 5.41) is 0. The van der Waals surface area contributed by atoms with Crippen LogP contribution in [0.3, 0.4) is 0 Å². The molecule has 0 radical (unpaired) electrons. The Morgan fingerprint density at radius 1 is 0.682 bits per heavy atom. The van der Waals surface area contributed by atoms with E-state index in [4.69, 9.17) is 18.9 Å². The van der Waals surface area contributed by atoms with E-state index >= 15 is 0 Å². The van der Waals surface area contributed by atoms with Crippen LogP contribution in [-0.4, -0.2) is 95.4 Å². The van der Waals surface area contributed by atoms with Crippen LogP contribution in [0.4, 0.5) is 0 Å². The van der Waals surface area contributed by atoms with Gasteiger partial charge in [-0.15, -0.1) is 0 Å². The fraction of sp³-hybridized carbons (Fsp3) is 0.933. The molecule has 1 aliphatic heterocycles. The smallest absolute Gasteiger partial charge is 0.455 e. The third-order valence-electron chi connectivity index (χ3n) is 3.40. The fourth-order valence-corrected chi connectivity index (χ4v) is 1.96. The van der Waals surface area contributed by atoms with Crippen molar-refractivity contribution in [1.82, 2.24) is 9.80 Å². The molecule has 0 unspecified atom stereocenters. The van der Waals surface area contributed by atoms with Gasteiger partial charge in [-0.2, -0.15) is 0 Å². The Balaban J connectivity index is 0.00000441. The Morgan fingerprint density at radius 2 is 1.05 bits per heavy atom. The van der Waals surface area contributed by atoms with E-state index in [-0.39, 0.29) is 58.2 Å². The van der Waals surface area contributed by atoms with Crippen LogP contribution in [0.2, 0.25) is 0 Å². The summed E-state index contributed by atoms with van der Waals surface area (Å²) in [6.07, 6.45) is 0. The van der Waals surface area contributed by atoms with Crippen LogP contribution in [0.15, 0.2) is 0 Å². The maximum Gasteiger partial charge on any atom is 1.00 e. The topological polar surface area (TPSA) is 43.4 Å². The number of hydrogen-bond donors (Lipinski definition) is 0. The van der Waals surface area contributed by atoms with Crippen molar-refractivity contribution >= 4 is 0 Å². The molecule has 6 nitrogen and oxygen atoms in total. The minimum atomic E-state index is 0. The van der Waals surface area contributed by atoms with Gasteiger partial charge in [0.15, 0.2) is 0 Å². The summed E-state index contributed by atoms with van der Waals surface area (Å²) in [6.45, 7) is 12.1. The van der Waals surface area contributed by atoms with Crippen LogP contribution in [0.5, 0.6) is 0 Å². The predicted octanol–water partition coefficient (Wildman–Crippen LogP) is -2.51. The molecule has 7 heteroatoms. The first-order chi connectivity index (χ1) is 10.3. The van der Waals surface area contributed by atoms with Crippen molar-refractivity contribution in [1.29, 1.82) is 0 Å². The van der Waals surface area contributed by atoms with E-state index in [2.05, 4.69) is 18.9 Å². The number of hydrogen-bond acceptors (Lipinski definition) is 6. The summed E-state index contributed by atoms with van der Waals surface area (Å²) in [6, 6.07) is 0. The fourth-order valence-electron chi connectivity index (χ4n) is 1.96. The molecular weight excluding hydrogens is 358 g/mol. The van der Waals surface area contributed by atoms with E-state index in [1.807, 2.05) is 4.90 Å². The van der Waals surface area contributed by atoms with E-state index in [9.17, 15) is 0 Å². The van der Waals surface area contributed by atoms with E-state index in [0.717, 1.165) is 45.9 Å². The zero-order valence-electron chi connectivity index (χ0n) is 14.4. The Kier molecular flexibility index (Phi) is 18.6. The summed E-state index contributed by atoms with van der Waals surface area (Å²) < 4.78 is 22.2. The van der Waals surface area contributed by atoms with Gasteiger partial charge < -0.3 is 23.8 Å². The van der Waals surface area contributed by atoms with Crippen molar-refractivity contribution in [3.05, 3.63) is 7.05 Å². The number of ether oxygens (including phenoxy) is 4. The summed E-state index contributed by atoms with van der Waals surface area (Å²) in [7, 11) is 3.95. The van der Waals surface area contributed by atoms with Crippen molar-refractivity contribution in [2.45, 2.75) is 6.92 Å². The van der Waals surface area contributed by atoms with Gasteiger partial charge in [0, 0.05) is 13.1 Å². The summed E-state index contributed by atoms with van der Waals surface area (Å²) in [4.78, 5) is 4.29. The minimum Gasteiger partial charge on any atom is -0.455 e. The molecule has 0 saturated carbocycles. The number of rotatable bonds is 1. The molecule has 126 valence electrons. The van der Waals surface area contributed by atoms with Crippen molar-refractivity contribution in [2.75, 3.05) is 85.6 Å². The molecule has 0 aromatic carbocycles. The number of likely N-dealkylation sites (N-methyl/N-ethyl adjacent to an activating group) is 1. The molecular formula is C15H31N2O4Rb. The monoisotopic (exact) mass is 388 g/mol. The Bertz CT molecular complexity index is 218. The molecule has 0 aromatic heterocycles. The van der Waals surface area contributed by atoms with Crippen molar-refractivity contribution < 1.29 is 77.1 Å². The van der Waals surface area contributed by atoms with Crippen LogP contribution >= 0.6 is 0 Å². The van der Waals surface area contributed by atoms with Crippen molar-refractivity contribution in [3.8, 4) is 0 Å². The Hall–Kier alpha value is 1.57. The van der Waals surface area contributed by atoms with Crippen LogP contribution in [-0.2, 0) is 18.9 Å². The molecule has 1 saturated heterocycles. The zero-order chi connectivity index (χ0) is 15.2. The van der Waals surface area contributed by atoms with Gasteiger partial charge in [0.1, 0.15) is 0 Å². The van der Waals surface area contributed by atoms with Crippen LogP contribution < -0.4 is 58.2 Å². The molecule has 0 N–H and O–H groups in total. The minimum absolute atomic E-state index is 0. The standard InChI is InChI=1S/C15H31N2O4.Rb/c1-3-17-6-10-20-14-12-18-8-4-16(2)5-9-19-13-15-21-11-7-17;/h2-15H2,1H3;/q-1;+1. The average Bonchev–Trinajstić information content (AvgIpc) is 2.49. The molecule has 1 fully saturated rings. The van der Waals surface area contributed by atoms with E-state index in [0.29, 0.717) is 39.6 Å². The van der Waals surface area contributed by atoms with E-state index < -0.39 is 0 Å². The first-order valence-electron chi connectivity index (χ1n) is 7.91. The molecule has 0 bridgehead atoms. The van der Waals surface area contributed by atoms with Crippen LogP contribution in [0.25, 0.3) is 0 Å². The van der Waals surface area contributed by atoms with Gasteiger partial charge in [0.25, 0.3) is 0 Å². The predicted molar refractivity (Wildman–Crippen MR) is 82.3 cm³/mol. The van der Waals surface area contributed by atoms with Gasteiger partial charge in [0.05, 0.1) is 52.9 Å². The maximum atomic E-state index is 5.58. The largest absolute Gasteiger partial charge is 1.00 e. The molecule has 0 amide bonds. The Morgan fingerprint density at radius 3 is 1.41 bits per heavy atom. The second-order valence-electron chi connectivity index (χ2n) is 5.00. The molecule has 1 heterocycles. The third-order valence-corrected chi connectivity index (χ3v) is 3.40. The van der Waals surface area contributed by atoms with Gasteiger partial charge in [-0.25, -0.2) is 0 Å². The normalized spacial score (nSPS) is 23.2. The van der Waals surface area contributed by atoms with Crippen LogP contribution in [0.1, 0.15) is 6.92 Å². The molecule has 22 heavy (non-hydrogen) atoms. The Labute approximate surface area is 184 Å². The van der Waals surface area contributed by atoms with Gasteiger partial charge in [-0.05, 0) is 19.6 Å². The summed E-state index contributed by atoms with van der Waals surface area (Å²) >= 11 is 0. The van der Waals surface area contributed by atoms with Crippen molar-refractivity contribution in [3.63, 3.8) is 0 Å². The molecule has 1 rings (SSSR count). The van der Waals surface area contributed by atoms with E-state index in [1.165, 1.54) is 0 Å². The molecule has 0 spiro atoms. The zero-order valence-corrected chi connectivity index (χ0v) is 19.3. The quantitative estimate of drug-likeness (QED) is 0.462. The second kappa shape index (κ2) is 17.4. The van der Waals surface area contributed by atoms with Gasteiger partial charge >= 0.3 is 58.2 Å². The first-order valence-corrected chi connectivity index (χ1v) is 7.91. The van der Waals surface area contributed by atoms with E-state index in [1.54, 1.807) is 0 Å². The summed E-state index contributed by atoms with van der Waals surface area (Å²) in [5.41, 5.74) is 0. The van der Waals surface area contributed by atoms with Gasteiger partial charge in [-0.1, -0.05) is 6.92 Å². The number of nitrogens with zero attached hydrogens (tertiary/aromatic N) is 2. The van der Waals surface area contributed by atoms with Gasteiger partial charge in [0.2, 0.25) is 0 Å². The molecule has 0 aliphatic carbocycles. The summed E-state index contributed by atoms with van der Waals surface area (Å²) in [5.74, 6) is 0. The second-order valence-corrected chi connectivity index (χ2v) is 5.00. The van der Waals surface area contributed by atoms with Gasteiger partial charge in [-0.3, -0.25) is 11.9 Å². The third kappa shape index (κ3) is 14.0. The molecule has 0 atom stereocenters.